The van der Waals surface area contributed by atoms with Crippen LogP contribution in [0, 0.1) is 5.92 Å². The largest absolute Gasteiger partial charge is 0.358 e. The van der Waals surface area contributed by atoms with E-state index in [-0.39, 0.29) is 5.56 Å². The number of likely N-dealkylation sites (N-methyl/N-ethyl adjacent to an activating group) is 1. The van der Waals surface area contributed by atoms with Gasteiger partial charge >= 0.3 is 0 Å². The van der Waals surface area contributed by atoms with Crippen molar-refractivity contribution in [2.45, 2.75) is 32.6 Å². The van der Waals surface area contributed by atoms with E-state index >= 15 is 0 Å². The molecule has 5 heteroatoms. The Balaban J connectivity index is 1.91. The predicted molar refractivity (Wildman–Crippen MR) is 77.8 cm³/mol. The molecule has 0 atom stereocenters. The second-order valence-electron chi connectivity index (χ2n) is 5.78. The average Bonchev–Trinajstić information content (AvgIpc) is 3.17. The first-order chi connectivity index (χ1) is 9.06. The molecule has 1 aromatic rings. The van der Waals surface area contributed by atoms with Crippen molar-refractivity contribution < 1.29 is 0 Å². The molecule has 2 N–H and O–H groups in total. The molecule has 1 aliphatic rings. The van der Waals surface area contributed by atoms with E-state index in [9.17, 15) is 4.79 Å². The molecule has 0 aromatic carbocycles. The Morgan fingerprint density at radius 1 is 1.53 bits per heavy atom. The quantitative estimate of drug-likeness (QED) is 0.729. The number of hydrogen-bond acceptors (Lipinski definition) is 4. The highest BCUT2D eigenvalue weighted by Gasteiger charge is 2.26. The van der Waals surface area contributed by atoms with Gasteiger partial charge in [0.05, 0.1) is 0 Å². The van der Waals surface area contributed by atoms with E-state index in [2.05, 4.69) is 29.1 Å². The SMILES string of the molecule is CC(C)CNCCN(C)c1cc(=O)[nH]c(C2CC2)n1. The van der Waals surface area contributed by atoms with Crippen LogP contribution in [0.25, 0.3) is 0 Å². The molecule has 2 rings (SSSR count). The van der Waals surface area contributed by atoms with Gasteiger partial charge in [-0.25, -0.2) is 4.98 Å². The summed E-state index contributed by atoms with van der Waals surface area (Å²) in [4.78, 5) is 21.1. The summed E-state index contributed by atoms with van der Waals surface area (Å²) in [6.45, 7) is 7.16. The van der Waals surface area contributed by atoms with Gasteiger partial charge in [0.1, 0.15) is 11.6 Å². The van der Waals surface area contributed by atoms with Crippen LogP contribution in [0.15, 0.2) is 10.9 Å². The molecule has 0 saturated heterocycles. The highest BCUT2D eigenvalue weighted by Crippen LogP contribution is 2.37. The Kier molecular flexibility index (Phi) is 4.58. The molecule has 1 saturated carbocycles. The highest BCUT2D eigenvalue weighted by atomic mass is 16.1. The maximum Gasteiger partial charge on any atom is 0.252 e. The van der Waals surface area contributed by atoms with Crippen molar-refractivity contribution in [2.75, 3.05) is 31.6 Å². The summed E-state index contributed by atoms with van der Waals surface area (Å²) >= 11 is 0. The lowest BCUT2D eigenvalue weighted by Crippen LogP contribution is -2.32. The van der Waals surface area contributed by atoms with Crippen molar-refractivity contribution in [3.8, 4) is 0 Å². The number of nitrogens with zero attached hydrogens (tertiary/aromatic N) is 2. The third-order valence-corrected chi connectivity index (χ3v) is 3.28. The average molecular weight is 264 g/mol. The fraction of sp³-hybridized carbons (Fsp3) is 0.714. The van der Waals surface area contributed by atoms with Gasteiger partial charge in [0.25, 0.3) is 5.56 Å². The monoisotopic (exact) mass is 264 g/mol. The van der Waals surface area contributed by atoms with E-state index in [0.29, 0.717) is 11.8 Å². The summed E-state index contributed by atoms with van der Waals surface area (Å²) in [6, 6.07) is 1.58. The van der Waals surface area contributed by atoms with Gasteiger partial charge < -0.3 is 15.2 Å². The van der Waals surface area contributed by atoms with Gasteiger partial charge in [-0.05, 0) is 25.3 Å². The normalized spacial score (nSPS) is 14.9. The topological polar surface area (TPSA) is 61.0 Å². The van der Waals surface area contributed by atoms with Crippen molar-refractivity contribution in [2.24, 2.45) is 5.92 Å². The first kappa shape index (κ1) is 14.1. The molecule has 0 bridgehead atoms. The fourth-order valence-electron chi connectivity index (χ4n) is 1.96. The molecular formula is C14H24N4O. The lowest BCUT2D eigenvalue weighted by atomic mass is 10.2. The van der Waals surface area contributed by atoms with Crippen LogP contribution in [0.3, 0.4) is 0 Å². The first-order valence-electron chi connectivity index (χ1n) is 7.09. The minimum atomic E-state index is -0.0473. The molecule has 1 heterocycles. The van der Waals surface area contributed by atoms with Crippen molar-refractivity contribution in [1.82, 2.24) is 15.3 Å². The molecule has 0 unspecified atom stereocenters. The molecule has 5 nitrogen and oxygen atoms in total. The van der Waals surface area contributed by atoms with E-state index in [1.165, 1.54) is 0 Å². The first-order valence-corrected chi connectivity index (χ1v) is 7.09. The zero-order chi connectivity index (χ0) is 13.8. The van der Waals surface area contributed by atoms with Gasteiger partial charge in [0, 0.05) is 32.1 Å². The third-order valence-electron chi connectivity index (χ3n) is 3.28. The molecule has 106 valence electrons. The van der Waals surface area contributed by atoms with Crippen LogP contribution >= 0.6 is 0 Å². The molecule has 0 spiro atoms. The number of hydrogen-bond donors (Lipinski definition) is 2. The second kappa shape index (κ2) is 6.19. The van der Waals surface area contributed by atoms with Crippen LogP contribution in [-0.4, -0.2) is 36.6 Å². The van der Waals surface area contributed by atoms with Crippen LogP contribution < -0.4 is 15.8 Å². The molecule has 1 aromatic heterocycles. The van der Waals surface area contributed by atoms with Gasteiger partial charge in [0.2, 0.25) is 0 Å². The second-order valence-corrected chi connectivity index (χ2v) is 5.78. The fourth-order valence-corrected chi connectivity index (χ4v) is 1.96. The van der Waals surface area contributed by atoms with Gasteiger partial charge in [-0.3, -0.25) is 4.79 Å². The van der Waals surface area contributed by atoms with E-state index in [1.807, 2.05) is 11.9 Å². The number of nitrogens with one attached hydrogen (secondary N) is 2. The molecule has 1 fully saturated rings. The summed E-state index contributed by atoms with van der Waals surface area (Å²) in [5, 5.41) is 3.39. The van der Waals surface area contributed by atoms with Crippen LogP contribution in [0.4, 0.5) is 5.82 Å². The number of H-pyrrole nitrogens is 1. The molecule has 0 amide bonds. The number of anilines is 1. The Morgan fingerprint density at radius 3 is 2.89 bits per heavy atom. The number of aromatic amines is 1. The standard InChI is InChI=1S/C14H24N4O/c1-10(2)9-15-6-7-18(3)12-8-13(19)17-14(16-12)11-4-5-11/h8,10-11,15H,4-7,9H2,1-3H3,(H,16,17,19). The summed E-state index contributed by atoms with van der Waals surface area (Å²) < 4.78 is 0. The van der Waals surface area contributed by atoms with E-state index < -0.39 is 0 Å². The van der Waals surface area contributed by atoms with Gasteiger partial charge in [-0.15, -0.1) is 0 Å². The molecular weight excluding hydrogens is 240 g/mol. The van der Waals surface area contributed by atoms with E-state index in [1.54, 1.807) is 6.07 Å². The van der Waals surface area contributed by atoms with Crippen LogP contribution in [0.1, 0.15) is 38.4 Å². The number of rotatable bonds is 7. The third kappa shape index (κ3) is 4.35. The lowest BCUT2D eigenvalue weighted by Gasteiger charge is -2.19. The summed E-state index contributed by atoms with van der Waals surface area (Å²) in [5.74, 6) is 2.76. The predicted octanol–water partition coefficient (Wildman–Crippen LogP) is 1.33. The zero-order valence-corrected chi connectivity index (χ0v) is 12.1. The van der Waals surface area contributed by atoms with Crippen LogP contribution in [-0.2, 0) is 0 Å². The zero-order valence-electron chi connectivity index (χ0n) is 12.1. The minimum absolute atomic E-state index is 0.0473. The summed E-state index contributed by atoms with van der Waals surface area (Å²) in [6.07, 6.45) is 2.29. The molecule has 19 heavy (non-hydrogen) atoms. The van der Waals surface area contributed by atoms with Crippen molar-refractivity contribution in [3.05, 3.63) is 22.2 Å². The van der Waals surface area contributed by atoms with Gasteiger partial charge in [-0.2, -0.15) is 0 Å². The van der Waals surface area contributed by atoms with Crippen LogP contribution in [0.2, 0.25) is 0 Å². The highest BCUT2D eigenvalue weighted by molar-refractivity contribution is 5.37. The Bertz CT molecular complexity index is 465. The summed E-state index contributed by atoms with van der Waals surface area (Å²) in [7, 11) is 1.98. The lowest BCUT2D eigenvalue weighted by molar-refractivity contribution is 0.553. The maximum atomic E-state index is 11.6. The Labute approximate surface area is 114 Å². The van der Waals surface area contributed by atoms with Crippen molar-refractivity contribution in [3.63, 3.8) is 0 Å². The Hall–Kier alpha value is -1.36. The maximum absolute atomic E-state index is 11.6. The van der Waals surface area contributed by atoms with Crippen molar-refractivity contribution >= 4 is 5.82 Å². The van der Waals surface area contributed by atoms with E-state index in [0.717, 1.165) is 44.1 Å². The Morgan fingerprint density at radius 2 is 2.26 bits per heavy atom. The van der Waals surface area contributed by atoms with Gasteiger partial charge in [0.15, 0.2) is 0 Å². The smallest absolute Gasteiger partial charge is 0.252 e. The summed E-state index contributed by atoms with van der Waals surface area (Å²) in [5.41, 5.74) is -0.0473. The number of aromatic nitrogens is 2. The molecule has 1 aliphatic carbocycles. The van der Waals surface area contributed by atoms with Crippen LogP contribution in [0.5, 0.6) is 0 Å². The molecule has 0 aliphatic heterocycles. The minimum Gasteiger partial charge on any atom is -0.358 e. The molecule has 0 radical (unpaired) electrons. The van der Waals surface area contributed by atoms with Crippen molar-refractivity contribution in [1.29, 1.82) is 0 Å². The van der Waals surface area contributed by atoms with E-state index in [4.69, 9.17) is 0 Å². The van der Waals surface area contributed by atoms with Gasteiger partial charge in [-0.1, -0.05) is 13.8 Å².